The smallest absolute Gasteiger partial charge is 0.230 e. The Kier molecular flexibility index (Phi) is 3.17. The van der Waals surface area contributed by atoms with Gasteiger partial charge >= 0.3 is 0 Å². The summed E-state index contributed by atoms with van der Waals surface area (Å²) in [6.07, 6.45) is 5.45. The van der Waals surface area contributed by atoms with Crippen molar-refractivity contribution in [1.29, 1.82) is 0 Å². The summed E-state index contributed by atoms with van der Waals surface area (Å²) >= 11 is 0. The van der Waals surface area contributed by atoms with Gasteiger partial charge in [0, 0.05) is 18.9 Å². The van der Waals surface area contributed by atoms with Crippen LogP contribution in [0.15, 0.2) is 12.4 Å². The van der Waals surface area contributed by atoms with E-state index in [1.54, 1.807) is 6.20 Å². The zero-order chi connectivity index (χ0) is 12.4. The van der Waals surface area contributed by atoms with Crippen molar-refractivity contribution in [1.82, 2.24) is 19.3 Å². The highest BCUT2D eigenvalue weighted by molar-refractivity contribution is 5.50. The molecule has 0 saturated carbocycles. The lowest BCUT2D eigenvalue weighted by Crippen LogP contribution is -2.10. The van der Waals surface area contributed by atoms with Crippen molar-refractivity contribution in [2.45, 2.75) is 40.2 Å². The lowest BCUT2D eigenvalue weighted by Gasteiger charge is -2.07. The average molecular weight is 233 g/mol. The van der Waals surface area contributed by atoms with Gasteiger partial charge in [-0.1, -0.05) is 13.8 Å². The van der Waals surface area contributed by atoms with Crippen molar-refractivity contribution in [2.24, 2.45) is 0 Å². The Morgan fingerprint density at radius 1 is 1.24 bits per heavy atom. The van der Waals surface area contributed by atoms with Gasteiger partial charge in [0.05, 0.1) is 17.1 Å². The fourth-order valence-corrected chi connectivity index (χ4v) is 2.03. The molecule has 0 amide bonds. The van der Waals surface area contributed by atoms with E-state index >= 15 is 0 Å². The molecule has 2 aromatic heterocycles. The molecule has 92 valence electrons. The van der Waals surface area contributed by atoms with Crippen molar-refractivity contribution in [3.05, 3.63) is 23.8 Å². The van der Waals surface area contributed by atoms with Gasteiger partial charge in [0.1, 0.15) is 0 Å². The Balaban J connectivity index is 2.59. The zero-order valence-electron chi connectivity index (χ0n) is 10.6. The topological polar surface area (TPSA) is 61.7 Å². The van der Waals surface area contributed by atoms with Gasteiger partial charge in [-0.15, -0.1) is 0 Å². The lowest BCUT2D eigenvalue weighted by molar-refractivity contribution is 0.663. The van der Waals surface area contributed by atoms with Crippen LogP contribution in [0.4, 0.5) is 5.69 Å². The monoisotopic (exact) mass is 233 g/mol. The third-order valence-corrected chi connectivity index (χ3v) is 2.99. The molecule has 0 aliphatic heterocycles. The number of aromatic nitrogens is 4. The predicted octanol–water partition coefficient (Wildman–Crippen LogP) is 1.80. The molecule has 2 N–H and O–H groups in total. The Labute approximate surface area is 101 Å². The molecule has 0 aromatic carbocycles. The number of rotatable bonds is 4. The first-order valence-electron chi connectivity index (χ1n) is 6.10. The largest absolute Gasteiger partial charge is 0.396 e. The molecule has 0 aliphatic rings. The second-order valence-corrected chi connectivity index (χ2v) is 3.94. The number of imidazole rings is 1. The molecule has 2 aromatic rings. The summed E-state index contributed by atoms with van der Waals surface area (Å²) in [5, 5.41) is 4.56. The van der Waals surface area contributed by atoms with Gasteiger partial charge in [0.25, 0.3) is 0 Å². The molecule has 0 saturated heterocycles. The fraction of sp³-hybridized carbons (Fsp3) is 0.500. The van der Waals surface area contributed by atoms with Crippen LogP contribution in [0.3, 0.4) is 0 Å². The Morgan fingerprint density at radius 2 is 2.00 bits per heavy atom. The average Bonchev–Trinajstić information content (AvgIpc) is 2.92. The molecule has 0 atom stereocenters. The van der Waals surface area contributed by atoms with Crippen LogP contribution in [-0.2, 0) is 19.4 Å². The maximum Gasteiger partial charge on any atom is 0.230 e. The third kappa shape index (κ3) is 1.81. The first-order chi connectivity index (χ1) is 8.22. The van der Waals surface area contributed by atoms with Crippen molar-refractivity contribution in [2.75, 3.05) is 5.73 Å². The van der Waals surface area contributed by atoms with E-state index < -0.39 is 0 Å². The Hall–Kier alpha value is -1.78. The molecular weight excluding hydrogens is 214 g/mol. The van der Waals surface area contributed by atoms with Crippen LogP contribution in [-0.4, -0.2) is 19.3 Å². The van der Waals surface area contributed by atoms with Crippen LogP contribution < -0.4 is 5.73 Å². The Morgan fingerprint density at radius 3 is 2.59 bits per heavy atom. The molecule has 0 unspecified atom stereocenters. The van der Waals surface area contributed by atoms with E-state index in [1.807, 2.05) is 10.9 Å². The summed E-state index contributed by atoms with van der Waals surface area (Å²) in [7, 11) is 0. The number of aryl methyl sites for hydroxylation is 2. The van der Waals surface area contributed by atoms with E-state index in [0.717, 1.165) is 42.4 Å². The minimum absolute atomic E-state index is 0.806. The minimum atomic E-state index is 0.806. The van der Waals surface area contributed by atoms with Gasteiger partial charge in [-0.3, -0.25) is 0 Å². The van der Waals surface area contributed by atoms with Crippen molar-refractivity contribution < 1.29 is 0 Å². The molecule has 0 radical (unpaired) electrons. The fourth-order valence-electron chi connectivity index (χ4n) is 2.03. The van der Waals surface area contributed by atoms with Crippen LogP contribution in [0.5, 0.6) is 0 Å². The number of hydrogen-bond acceptors (Lipinski definition) is 3. The van der Waals surface area contributed by atoms with Gasteiger partial charge in [0.15, 0.2) is 0 Å². The third-order valence-electron chi connectivity index (χ3n) is 2.99. The molecule has 0 spiro atoms. The molecule has 0 aliphatic carbocycles. The maximum absolute atomic E-state index is 6.10. The molecule has 0 bridgehead atoms. The lowest BCUT2D eigenvalue weighted by atomic mass is 10.2. The zero-order valence-corrected chi connectivity index (χ0v) is 10.6. The molecule has 2 rings (SSSR count). The highest BCUT2D eigenvalue weighted by Crippen LogP contribution is 2.21. The first-order valence-corrected chi connectivity index (χ1v) is 6.10. The van der Waals surface area contributed by atoms with E-state index in [9.17, 15) is 0 Å². The van der Waals surface area contributed by atoms with Gasteiger partial charge in [0.2, 0.25) is 5.95 Å². The summed E-state index contributed by atoms with van der Waals surface area (Å²) in [5.74, 6) is 0.843. The molecule has 0 fully saturated rings. The predicted molar refractivity (Wildman–Crippen MR) is 68.2 cm³/mol. The number of nitrogens with zero attached hydrogens (tertiary/aromatic N) is 4. The van der Waals surface area contributed by atoms with Crippen LogP contribution in [0, 0.1) is 0 Å². The van der Waals surface area contributed by atoms with Gasteiger partial charge in [-0.25, -0.2) is 9.67 Å². The second-order valence-electron chi connectivity index (χ2n) is 3.94. The summed E-state index contributed by atoms with van der Waals surface area (Å²) in [5.41, 5.74) is 8.90. The highest BCUT2D eigenvalue weighted by Gasteiger charge is 2.16. The normalized spacial score (nSPS) is 11.0. The molecule has 2 heterocycles. The molecule has 5 heteroatoms. The van der Waals surface area contributed by atoms with Gasteiger partial charge < -0.3 is 10.3 Å². The van der Waals surface area contributed by atoms with Gasteiger partial charge in [-0.2, -0.15) is 5.10 Å². The van der Waals surface area contributed by atoms with E-state index in [0.29, 0.717) is 0 Å². The van der Waals surface area contributed by atoms with Crippen molar-refractivity contribution in [3.8, 4) is 5.95 Å². The summed E-state index contributed by atoms with van der Waals surface area (Å²) in [4.78, 5) is 4.36. The van der Waals surface area contributed by atoms with E-state index in [1.165, 1.54) is 0 Å². The van der Waals surface area contributed by atoms with E-state index in [4.69, 9.17) is 5.73 Å². The molecule has 5 nitrogen and oxygen atoms in total. The van der Waals surface area contributed by atoms with Gasteiger partial charge in [-0.05, 0) is 19.8 Å². The number of hydrogen-bond donors (Lipinski definition) is 1. The first kappa shape index (κ1) is 11.7. The molecule has 17 heavy (non-hydrogen) atoms. The number of anilines is 1. The quantitative estimate of drug-likeness (QED) is 0.875. The van der Waals surface area contributed by atoms with E-state index in [-0.39, 0.29) is 0 Å². The molecular formula is C12H19N5. The van der Waals surface area contributed by atoms with E-state index in [2.05, 4.69) is 35.4 Å². The summed E-state index contributed by atoms with van der Waals surface area (Å²) in [6.45, 7) is 7.11. The maximum atomic E-state index is 6.10. The second kappa shape index (κ2) is 4.61. The number of nitrogen functional groups attached to an aromatic ring is 1. The highest BCUT2D eigenvalue weighted by atomic mass is 15.4. The summed E-state index contributed by atoms with van der Waals surface area (Å²) < 4.78 is 3.93. The standard InChI is InChI=1S/C12H19N5/c1-4-9-11(13)10(5-2)17(15-9)12-14-7-8-16(12)6-3/h7-8H,4-6,13H2,1-3H3. The summed E-state index contributed by atoms with van der Waals surface area (Å²) in [6, 6.07) is 0. The minimum Gasteiger partial charge on any atom is -0.396 e. The van der Waals surface area contributed by atoms with Crippen LogP contribution >= 0.6 is 0 Å². The van der Waals surface area contributed by atoms with Crippen LogP contribution in [0.1, 0.15) is 32.2 Å². The number of nitrogens with two attached hydrogens (primary N) is 1. The van der Waals surface area contributed by atoms with Crippen molar-refractivity contribution in [3.63, 3.8) is 0 Å². The SMILES string of the molecule is CCc1nn(-c2nccn2CC)c(CC)c1N. The van der Waals surface area contributed by atoms with Crippen LogP contribution in [0.25, 0.3) is 5.95 Å². The van der Waals surface area contributed by atoms with Crippen molar-refractivity contribution >= 4 is 5.69 Å². The Bertz CT molecular complexity index is 509. The van der Waals surface area contributed by atoms with Crippen LogP contribution in [0.2, 0.25) is 0 Å².